The Morgan fingerprint density at radius 3 is 2.31 bits per heavy atom. The number of cyclic esters (lactones) is 1. The number of halogens is 4. The van der Waals surface area contributed by atoms with Crippen molar-refractivity contribution in [2.75, 3.05) is 49.6 Å². The van der Waals surface area contributed by atoms with Crippen LogP contribution in [0.4, 0.5) is 34.0 Å². The molecule has 0 N–H and O–H groups in total. The molecule has 1 atom stereocenters. The van der Waals surface area contributed by atoms with Crippen LogP contribution in [-0.4, -0.2) is 83.7 Å². The Morgan fingerprint density at radius 1 is 1.02 bits per heavy atom. The van der Waals surface area contributed by atoms with Gasteiger partial charge in [-0.1, -0.05) is 12.1 Å². The first kappa shape index (κ1) is 28.8. The van der Waals surface area contributed by atoms with Gasteiger partial charge in [0, 0.05) is 63.7 Å². The second-order valence-corrected chi connectivity index (χ2v) is 9.84. The number of amides is 3. The third-order valence-electron chi connectivity index (χ3n) is 7.25. The van der Waals surface area contributed by atoms with E-state index in [0.29, 0.717) is 24.6 Å². The molecule has 3 aromatic rings. The highest BCUT2D eigenvalue weighted by atomic mass is 19.4. The fourth-order valence-corrected chi connectivity index (χ4v) is 4.79. The van der Waals surface area contributed by atoms with Crippen molar-refractivity contribution in [3.05, 3.63) is 71.8 Å². The number of piperazine rings is 1. The van der Waals surface area contributed by atoms with E-state index in [-0.39, 0.29) is 36.8 Å². The lowest BCUT2D eigenvalue weighted by atomic mass is 10.1. The highest BCUT2D eigenvalue weighted by Gasteiger charge is 2.37. The van der Waals surface area contributed by atoms with Crippen molar-refractivity contribution in [2.24, 2.45) is 0 Å². The molecule has 2 aliphatic rings. The van der Waals surface area contributed by atoms with Gasteiger partial charge in [-0.05, 0) is 30.3 Å². The molecule has 2 aromatic carbocycles. The molecule has 220 valence electrons. The zero-order valence-electron chi connectivity index (χ0n) is 22.6. The second-order valence-electron chi connectivity index (χ2n) is 9.84. The fraction of sp³-hybridized carbons (Fsp3) is 0.321. The standard InChI is InChI=1S/C28H26F4N6O4/c1-17(39)35(2)24-16-38(27(41)42-24)19-7-8-20(23(29)13-19)18-14-33-26(34-15-18)37-11-9-36(10-12-37)25(40)21-5-3-4-6-22(21)28(30,31)32/h3-8,13-15,24H,9-12,16H2,1-2H3/t24-/m0/s1. The topological polar surface area (TPSA) is 99.2 Å². The number of aromatic nitrogens is 2. The van der Waals surface area contributed by atoms with Gasteiger partial charge >= 0.3 is 12.3 Å². The second kappa shape index (κ2) is 11.3. The number of anilines is 2. The molecule has 2 fully saturated rings. The molecule has 0 aliphatic carbocycles. The summed E-state index contributed by atoms with van der Waals surface area (Å²) in [5.74, 6) is -1.26. The molecule has 0 spiro atoms. The monoisotopic (exact) mass is 586 g/mol. The summed E-state index contributed by atoms with van der Waals surface area (Å²) >= 11 is 0. The lowest BCUT2D eigenvalue weighted by Crippen LogP contribution is -2.49. The van der Waals surface area contributed by atoms with Crippen LogP contribution in [0, 0.1) is 5.82 Å². The highest BCUT2D eigenvalue weighted by Crippen LogP contribution is 2.33. The fourth-order valence-electron chi connectivity index (χ4n) is 4.79. The van der Waals surface area contributed by atoms with Crippen LogP contribution < -0.4 is 9.80 Å². The van der Waals surface area contributed by atoms with Crippen molar-refractivity contribution >= 4 is 29.5 Å². The quantitative estimate of drug-likeness (QED) is 0.417. The van der Waals surface area contributed by atoms with E-state index < -0.39 is 41.3 Å². The summed E-state index contributed by atoms with van der Waals surface area (Å²) in [5, 5.41) is 0. The molecule has 0 radical (unpaired) electrons. The molecular weight excluding hydrogens is 560 g/mol. The van der Waals surface area contributed by atoms with Gasteiger partial charge in [0.2, 0.25) is 11.9 Å². The summed E-state index contributed by atoms with van der Waals surface area (Å²) in [5.41, 5.74) is -0.505. The predicted molar refractivity (Wildman–Crippen MR) is 143 cm³/mol. The van der Waals surface area contributed by atoms with Crippen molar-refractivity contribution in [1.82, 2.24) is 19.8 Å². The highest BCUT2D eigenvalue weighted by molar-refractivity contribution is 5.96. The summed E-state index contributed by atoms with van der Waals surface area (Å²) in [4.78, 5) is 51.1. The molecule has 5 rings (SSSR count). The molecule has 0 unspecified atom stereocenters. The minimum absolute atomic E-state index is 0.0548. The van der Waals surface area contributed by atoms with Crippen LogP contribution in [0.25, 0.3) is 11.1 Å². The molecule has 2 saturated heterocycles. The van der Waals surface area contributed by atoms with Gasteiger partial charge < -0.3 is 19.4 Å². The van der Waals surface area contributed by atoms with Gasteiger partial charge in [0.25, 0.3) is 5.91 Å². The molecule has 3 amide bonds. The number of likely N-dealkylation sites (N-methyl/N-ethyl adjacent to an activating group) is 1. The summed E-state index contributed by atoms with van der Waals surface area (Å²) in [7, 11) is 1.51. The number of benzene rings is 2. The average Bonchev–Trinajstić information content (AvgIpc) is 3.37. The Morgan fingerprint density at radius 2 is 1.69 bits per heavy atom. The minimum Gasteiger partial charge on any atom is -0.423 e. The van der Waals surface area contributed by atoms with Crippen LogP contribution in [0.2, 0.25) is 0 Å². The van der Waals surface area contributed by atoms with E-state index in [1.54, 1.807) is 11.0 Å². The number of nitrogens with zero attached hydrogens (tertiary/aromatic N) is 6. The van der Waals surface area contributed by atoms with E-state index >= 15 is 4.39 Å². The summed E-state index contributed by atoms with van der Waals surface area (Å²) in [6.07, 6.45) is -3.23. The molecule has 42 heavy (non-hydrogen) atoms. The van der Waals surface area contributed by atoms with Gasteiger partial charge in [-0.15, -0.1) is 0 Å². The van der Waals surface area contributed by atoms with Gasteiger partial charge in [0.1, 0.15) is 5.82 Å². The first-order valence-electron chi connectivity index (χ1n) is 13.0. The van der Waals surface area contributed by atoms with E-state index in [1.807, 2.05) is 0 Å². The molecular formula is C28H26F4N6O4. The van der Waals surface area contributed by atoms with E-state index in [2.05, 4.69) is 9.97 Å². The largest absolute Gasteiger partial charge is 0.423 e. The van der Waals surface area contributed by atoms with Crippen LogP contribution in [0.5, 0.6) is 0 Å². The lowest BCUT2D eigenvalue weighted by molar-refractivity contribution is -0.138. The average molecular weight is 587 g/mol. The van der Waals surface area contributed by atoms with Crippen LogP contribution in [0.15, 0.2) is 54.9 Å². The van der Waals surface area contributed by atoms with Crippen molar-refractivity contribution < 1.29 is 36.7 Å². The summed E-state index contributed by atoms with van der Waals surface area (Å²) in [6.45, 7) is 2.35. The number of ether oxygens (including phenoxy) is 1. The van der Waals surface area contributed by atoms with E-state index in [1.165, 1.54) is 71.4 Å². The number of carbonyl (C=O) groups is 3. The zero-order valence-corrected chi connectivity index (χ0v) is 22.6. The lowest BCUT2D eigenvalue weighted by Gasteiger charge is -2.35. The summed E-state index contributed by atoms with van der Waals surface area (Å²) in [6, 6.07) is 8.93. The predicted octanol–water partition coefficient (Wildman–Crippen LogP) is 4.02. The molecule has 10 nitrogen and oxygen atoms in total. The van der Waals surface area contributed by atoms with Crippen LogP contribution >= 0.6 is 0 Å². The van der Waals surface area contributed by atoms with E-state index in [0.717, 1.165) is 6.07 Å². The first-order valence-corrected chi connectivity index (χ1v) is 13.0. The van der Waals surface area contributed by atoms with Gasteiger partial charge in [0.15, 0.2) is 6.23 Å². The number of hydrogen-bond acceptors (Lipinski definition) is 7. The molecule has 2 aliphatic heterocycles. The first-order chi connectivity index (χ1) is 19.9. The summed E-state index contributed by atoms with van der Waals surface area (Å²) < 4.78 is 60.4. The maximum absolute atomic E-state index is 15.1. The van der Waals surface area contributed by atoms with E-state index in [9.17, 15) is 27.6 Å². The third-order valence-corrected chi connectivity index (χ3v) is 7.25. The van der Waals surface area contributed by atoms with Crippen molar-refractivity contribution in [3.63, 3.8) is 0 Å². The van der Waals surface area contributed by atoms with Crippen molar-refractivity contribution in [1.29, 1.82) is 0 Å². The Kier molecular flexibility index (Phi) is 7.71. The third kappa shape index (κ3) is 5.69. The maximum atomic E-state index is 15.1. The minimum atomic E-state index is -4.64. The van der Waals surface area contributed by atoms with Gasteiger partial charge in [-0.3, -0.25) is 14.5 Å². The molecule has 0 saturated carbocycles. The van der Waals surface area contributed by atoms with E-state index in [4.69, 9.17) is 4.74 Å². The molecule has 0 bridgehead atoms. The molecule has 3 heterocycles. The molecule has 14 heteroatoms. The van der Waals surface area contributed by atoms with Crippen molar-refractivity contribution in [2.45, 2.75) is 19.3 Å². The van der Waals surface area contributed by atoms with Crippen LogP contribution in [0.3, 0.4) is 0 Å². The Hall–Kier alpha value is -4.75. The Balaban J connectivity index is 1.23. The number of alkyl halides is 3. The number of hydrogen-bond donors (Lipinski definition) is 0. The van der Waals surface area contributed by atoms with Gasteiger partial charge in [-0.25, -0.2) is 19.2 Å². The van der Waals surface area contributed by atoms with Crippen LogP contribution in [0.1, 0.15) is 22.8 Å². The Labute approximate surface area is 238 Å². The van der Waals surface area contributed by atoms with Gasteiger partial charge in [-0.2, -0.15) is 13.2 Å². The molecule has 1 aromatic heterocycles. The maximum Gasteiger partial charge on any atom is 0.417 e. The van der Waals surface area contributed by atoms with Gasteiger partial charge in [0.05, 0.1) is 23.4 Å². The van der Waals surface area contributed by atoms with Crippen LogP contribution in [-0.2, 0) is 15.7 Å². The Bertz CT molecular complexity index is 1510. The SMILES string of the molecule is CC(=O)N(C)[C@@H]1CN(c2ccc(-c3cnc(N4CCN(C(=O)c5ccccc5C(F)(F)F)CC4)nc3)c(F)c2)C(=O)O1. The zero-order chi connectivity index (χ0) is 30.2. The van der Waals surface area contributed by atoms with Crippen molar-refractivity contribution in [3.8, 4) is 11.1 Å². The smallest absolute Gasteiger partial charge is 0.417 e. The number of rotatable bonds is 5. The normalized spacial score (nSPS) is 17.3. The number of carbonyl (C=O) groups excluding carboxylic acids is 3.